The number of rotatable bonds is 10. The van der Waals surface area contributed by atoms with Gasteiger partial charge in [0.25, 0.3) is 5.91 Å². The summed E-state index contributed by atoms with van der Waals surface area (Å²) in [7, 11) is 0. The number of ether oxygens (including phenoxy) is 3. The third kappa shape index (κ3) is 7.71. The molecule has 244 valence electrons. The number of carbonyl (C=O) groups is 3. The molecule has 13 heteroatoms. The summed E-state index contributed by atoms with van der Waals surface area (Å²) in [4.78, 5) is 39.5. The molecule has 11 nitrogen and oxygen atoms in total. The van der Waals surface area contributed by atoms with E-state index in [0.29, 0.717) is 11.4 Å². The van der Waals surface area contributed by atoms with Gasteiger partial charge in [-0.2, -0.15) is 0 Å². The number of aliphatic hydroxyl groups excluding tert-OH is 1. The molecule has 2 aliphatic heterocycles. The Labute approximate surface area is 280 Å². The SMILES string of the molecule is Cc1nnc(SCC2OC(c3ccc(N4C(=O)CC(NC(=O)OCc5ccccc5)C4=O)cc3)OC(c3ccc(CO)cc3)C2C)s1. The lowest BCUT2D eigenvalue weighted by atomic mass is 9.91. The second kappa shape index (κ2) is 14.7. The number of imide groups is 1. The number of nitrogens with zero attached hydrogens (tertiary/aromatic N) is 3. The molecule has 3 aromatic carbocycles. The van der Waals surface area contributed by atoms with Gasteiger partial charge < -0.3 is 24.6 Å². The predicted octanol–water partition coefficient (Wildman–Crippen LogP) is 5.48. The molecule has 1 aromatic heterocycles. The first-order valence-corrected chi connectivity index (χ1v) is 17.0. The number of anilines is 1. The van der Waals surface area contributed by atoms with Gasteiger partial charge in [0.15, 0.2) is 10.6 Å². The highest BCUT2D eigenvalue weighted by atomic mass is 32.2. The highest BCUT2D eigenvalue weighted by Crippen LogP contribution is 2.43. The Morgan fingerprint density at radius 1 is 1.00 bits per heavy atom. The molecule has 4 aromatic rings. The summed E-state index contributed by atoms with van der Waals surface area (Å²) in [5.74, 6) is -0.326. The highest BCUT2D eigenvalue weighted by molar-refractivity contribution is 8.01. The van der Waals surface area contributed by atoms with Crippen LogP contribution in [0.3, 0.4) is 0 Å². The quantitative estimate of drug-likeness (QED) is 0.164. The van der Waals surface area contributed by atoms with E-state index in [9.17, 15) is 19.5 Å². The van der Waals surface area contributed by atoms with Crippen molar-refractivity contribution in [3.05, 3.63) is 106 Å². The zero-order chi connectivity index (χ0) is 32.9. The van der Waals surface area contributed by atoms with Crippen LogP contribution >= 0.6 is 23.1 Å². The van der Waals surface area contributed by atoms with Crippen molar-refractivity contribution in [2.45, 2.75) is 62.4 Å². The Hall–Kier alpha value is -4.14. The van der Waals surface area contributed by atoms with Gasteiger partial charge in [0.2, 0.25) is 5.91 Å². The van der Waals surface area contributed by atoms with E-state index in [0.717, 1.165) is 36.5 Å². The Bertz CT molecular complexity index is 1700. The molecule has 0 aliphatic carbocycles. The number of thioether (sulfide) groups is 1. The minimum Gasteiger partial charge on any atom is -0.445 e. The number of benzene rings is 3. The molecule has 3 heterocycles. The Kier molecular flexibility index (Phi) is 10.3. The minimum atomic E-state index is -1.02. The van der Waals surface area contributed by atoms with Gasteiger partial charge in [0.1, 0.15) is 17.7 Å². The molecule has 3 amide bonds. The van der Waals surface area contributed by atoms with Gasteiger partial charge >= 0.3 is 6.09 Å². The molecule has 5 atom stereocenters. The minimum absolute atomic E-state index is 0.00400. The lowest BCUT2D eigenvalue weighted by Gasteiger charge is -2.41. The Morgan fingerprint density at radius 3 is 2.40 bits per heavy atom. The fourth-order valence-corrected chi connectivity index (χ4v) is 7.51. The standard InChI is InChI=1S/C34H34N4O7S2/c1-20-28(19-46-34-37-36-21(2)47-34)44-32(45-30(20)24-10-8-22(17-39)9-11-24)25-12-14-26(15-13-25)38-29(40)16-27(31(38)41)35-33(42)43-18-23-6-4-3-5-7-23/h3-15,20,27-28,30,32,39H,16-19H2,1-2H3,(H,35,42). The first-order chi connectivity index (χ1) is 22.8. The number of alkyl carbamates (subject to hydrolysis) is 1. The van der Waals surface area contributed by atoms with Gasteiger partial charge in [-0.1, -0.05) is 96.8 Å². The lowest BCUT2D eigenvalue weighted by Crippen LogP contribution is -2.42. The summed E-state index contributed by atoms with van der Waals surface area (Å²) >= 11 is 3.12. The van der Waals surface area contributed by atoms with Gasteiger partial charge in [-0.15, -0.1) is 10.2 Å². The Morgan fingerprint density at radius 2 is 1.72 bits per heavy atom. The second-order valence-corrected chi connectivity index (χ2v) is 13.8. The van der Waals surface area contributed by atoms with Crippen molar-refractivity contribution in [1.29, 1.82) is 0 Å². The first-order valence-electron chi connectivity index (χ1n) is 15.2. The van der Waals surface area contributed by atoms with Crippen LogP contribution < -0.4 is 10.2 Å². The Balaban J connectivity index is 1.14. The number of amides is 3. The maximum atomic E-state index is 13.2. The van der Waals surface area contributed by atoms with E-state index in [1.54, 1.807) is 36.0 Å². The van der Waals surface area contributed by atoms with Crippen molar-refractivity contribution < 1.29 is 33.7 Å². The third-order valence-electron chi connectivity index (χ3n) is 8.08. The molecule has 2 N–H and O–H groups in total. The van der Waals surface area contributed by atoms with Gasteiger partial charge in [-0.3, -0.25) is 9.59 Å². The van der Waals surface area contributed by atoms with Crippen LogP contribution in [0.5, 0.6) is 0 Å². The van der Waals surface area contributed by atoms with Gasteiger partial charge in [-0.05, 0) is 35.7 Å². The average molecular weight is 675 g/mol. The monoisotopic (exact) mass is 674 g/mol. The summed E-state index contributed by atoms with van der Waals surface area (Å²) in [6, 6.07) is 22.7. The topological polar surface area (TPSA) is 140 Å². The van der Waals surface area contributed by atoms with Gasteiger partial charge in [0.05, 0.1) is 30.9 Å². The number of aliphatic hydroxyl groups is 1. The number of carbonyl (C=O) groups excluding carboxylic acids is 3. The number of nitrogens with one attached hydrogen (secondary N) is 1. The van der Waals surface area contributed by atoms with Crippen molar-refractivity contribution in [2.24, 2.45) is 5.92 Å². The normalized spacial score (nSPS) is 22.8. The van der Waals surface area contributed by atoms with Crippen LogP contribution in [-0.4, -0.2) is 51.1 Å². The van der Waals surface area contributed by atoms with Crippen LogP contribution in [0.15, 0.2) is 83.2 Å². The van der Waals surface area contributed by atoms with Gasteiger partial charge in [-0.25, -0.2) is 9.69 Å². The third-order valence-corrected chi connectivity index (χ3v) is 10.1. The molecular weight excluding hydrogens is 641 g/mol. The maximum absolute atomic E-state index is 13.2. The molecule has 0 saturated carbocycles. The first kappa shape index (κ1) is 32.8. The zero-order valence-corrected chi connectivity index (χ0v) is 27.4. The number of hydrogen-bond acceptors (Lipinski definition) is 11. The van der Waals surface area contributed by atoms with Crippen molar-refractivity contribution in [1.82, 2.24) is 15.5 Å². The van der Waals surface area contributed by atoms with Crippen LogP contribution in [0.1, 0.15) is 53.0 Å². The van der Waals surface area contributed by atoms with Crippen LogP contribution in [0.2, 0.25) is 0 Å². The van der Waals surface area contributed by atoms with E-state index < -0.39 is 30.2 Å². The van der Waals surface area contributed by atoms with Crippen LogP contribution in [0.4, 0.5) is 10.5 Å². The second-order valence-electron chi connectivity index (χ2n) is 11.3. The number of aromatic nitrogens is 2. The summed E-state index contributed by atoms with van der Waals surface area (Å²) in [5.41, 5.74) is 3.69. The molecule has 5 unspecified atom stereocenters. The average Bonchev–Trinajstić information content (AvgIpc) is 3.64. The van der Waals surface area contributed by atoms with Crippen molar-refractivity contribution in [3.63, 3.8) is 0 Å². The van der Waals surface area contributed by atoms with Crippen molar-refractivity contribution in [2.75, 3.05) is 10.7 Å². The van der Waals surface area contributed by atoms with Crippen LogP contribution in [0, 0.1) is 12.8 Å². The van der Waals surface area contributed by atoms with Gasteiger partial charge in [0, 0.05) is 17.2 Å². The molecule has 2 aliphatic rings. The zero-order valence-electron chi connectivity index (χ0n) is 25.8. The van der Waals surface area contributed by atoms with E-state index >= 15 is 0 Å². The fraction of sp³-hybridized carbons (Fsp3) is 0.324. The molecular formula is C34H34N4O7S2. The van der Waals surface area contributed by atoms with E-state index in [1.807, 2.05) is 61.5 Å². The predicted molar refractivity (Wildman–Crippen MR) is 175 cm³/mol. The molecule has 0 bridgehead atoms. The van der Waals surface area contributed by atoms with E-state index in [1.165, 1.54) is 11.3 Å². The summed E-state index contributed by atoms with van der Waals surface area (Å²) < 4.78 is 19.1. The summed E-state index contributed by atoms with van der Waals surface area (Å²) in [6.07, 6.45) is -2.15. The largest absolute Gasteiger partial charge is 0.445 e. The fourth-order valence-electron chi connectivity index (χ4n) is 5.50. The van der Waals surface area contributed by atoms with Crippen molar-refractivity contribution in [3.8, 4) is 0 Å². The highest BCUT2D eigenvalue weighted by Gasteiger charge is 2.42. The van der Waals surface area contributed by atoms with Crippen LogP contribution in [-0.2, 0) is 37.0 Å². The lowest BCUT2D eigenvalue weighted by molar-refractivity contribution is -0.268. The smallest absolute Gasteiger partial charge is 0.408 e. The number of hydrogen-bond donors (Lipinski definition) is 2. The molecule has 6 rings (SSSR count). The van der Waals surface area contributed by atoms with E-state index in [-0.39, 0.29) is 37.8 Å². The molecule has 2 saturated heterocycles. The van der Waals surface area contributed by atoms with Crippen molar-refractivity contribution >= 4 is 46.7 Å². The van der Waals surface area contributed by atoms with E-state index in [4.69, 9.17) is 14.2 Å². The van der Waals surface area contributed by atoms with E-state index in [2.05, 4.69) is 22.4 Å². The van der Waals surface area contributed by atoms with Crippen LogP contribution in [0.25, 0.3) is 0 Å². The number of aryl methyl sites for hydroxylation is 1. The summed E-state index contributed by atoms with van der Waals surface area (Å²) in [5, 5.41) is 21.3. The maximum Gasteiger partial charge on any atom is 0.408 e. The molecule has 0 radical (unpaired) electrons. The molecule has 0 spiro atoms. The summed E-state index contributed by atoms with van der Waals surface area (Å²) in [6.45, 7) is 4.01. The molecule has 2 fully saturated rings. The molecule has 47 heavy (non-hydrogen) atoms.